The van der Waals surface area contributed by atoms with Gasteiger partial charge in [-0.2, -0.15) is 0 Å². The van der Waals surface area contributed by atoms with Crippen molar-refractivity contribution in [3.05, 3.63) is 53.6 Å². The van der Waals surface area contributed by atoms with E-state index in [2.05, 4.69) is 16.2 Å². The van der Waals surface area contributed by atoms with E-state index in [4.69, 9.17) is 0 Å². The molecule has 4 rings (SSSR count). The summed E-state index contributed by atoms with van der Waals surface area (Å²) in [5.41, 5.74) is 4.11. The number of aromatic nitrogens is 2. The summed E-state index contributed by atoms with van der Waals surface area (Å²) in [5, 5.41) is 4.13. The SMILES string of the molecule is C=S=C1Cc2cc(-n3ccc4ccc(C)nc43)cc(F)c2N1. The van der Waals surface area contributed by atoms with E-state index >= 15 is 0 Å². The third-order valence-electron chi connectivity index (χ3n) is 3.90. The van der Waals surface area contributed by atoms with Crippen LogP contribution in [0, 0.1) is 12.7 Å². The van der Waals surface area contributed by atoms with Gasteiger partial charge in [0.25, 0.3) is 0 Å². The van der Waals surface area contributed by atoms with Crippen LogP contribution in [0.5, 0.6) is 0 Å². The Kier molecular flexibility index (Phi) is 2.90. The van der Waals surface area contributed by atoms with Gasteiger partial charge in [-0.25, -0.2) is 9.37 Å². The monoisotopic (exact) mass is 311 g/mol. The first-order chi connectivity index (χ1) is 10.7. The van der Waals surface area contributed by atoms with Crippen molar-refractivity contribution in [2.75, 3.05) is 5.32 Å². The molecule has 1 aliphatic heterocycles. The molecule has 0 spiro atoms. The number of rotatable bonds is 1. The van der Waals surface area contributed by atoms with Crippen LogP contribution in [0.4, 0.5) is 10.1 Å². The Morgan fingerprint density at radius 3 is 3.00 bits per heavy atom. The summed E-state index contributed by atoms with van der Waals surface area (Å²) in [7, 11) is 1.38. The lowest BCUT2D eigenvalue weighted by Gasteiger charge is -2.09. The minimum atomic E-state index is -0.244. The van der Waals surface area contributed by atoms with E-state index in [1.165, 1.54) is 10.9 Å². The van der Waals surface area contributed by atoms with Crippen LogP contribution in [0.3, 0.4) is 0 Å². The number of fused-ring (bicyclic) bond motifs is 2. The molecule has 3 heterocycles. The van der Waals surface area contributed by atoms with Crippen molar-refractivity contribution in [3.63, 3.8) is 0 Å². The van der Waals surface area contributed by atoms with Crippen LogP contribution in [-0.2, 0) is 6.42 Å². The fourth-order valence-electron chi connectivity index (χ4n) is 2.82. The summed E-state index contributed by atoms with van der Waals surface area (Å²) >= 11 is 0. The molecule has 5 heteroatoms. The van der Waals surface area contributed by atoms with Gasteiger partial charge < -0.3 is 9.88 Å². The van der Waals surface area contributed by atoms with Crippen LogP contribution >= 0.6 is 10.9 Å². The molecule has 0 bridgehead atoms. The maximum atomic E-state index is 14.4. The molecule has 110 valence electrons. The second-order valence-electron chi connectivity index (χ2n) is 5.38. The van der Waals surface area contributed by atoms with Gasteiger partial charge in [-0.15, -0.1) is 10.9 Å². The lowest BCUT2D eigenvalue weighted by atomic mass is 10.1. The van der Waals surface area contributed by atoms with Crippen molar-refractivity contribution >= 4 is 38.5 Å². The van der Waals surface area contributed by atoms with E-state index < -0.39 is 0 Å². The zero-order valence-electron chi connectivity index (χ0n) is 12.1. The molecule has 0 unspecified atom stereocenters. The van der Waals surface area contributed by atoms with E-state index in [9.17, 15) is 4.39 Å². The number of benzene rings is 1. The van der Waals surface area contributed by atoms with Gasteiger partial charge in [0.15, 0.2) is 0 Å². The summed E-state index contributed by atoms with van der Waals surface area (Å²) < 4.78 is 16.3. The molecule has 0 saturated carbocycles. The molecule has 3 aromatic rings. The average molecular weight is 311 g/mol. The molecule has 22 heavy (non-hydrogen) atoms. The second-order valence-corrected chi connectivity index (χ2v) is 6.16. The molecule has 0 amide bonds. The minimum Gasteiger partial charge on any atom is -0.348 e. The van der Waals surface area contributed by atoms with E-state index in [0.29, 0.717) is 12.1 Å². The Morgan fingerprint density at radius 1 is 1.32 bits per heavy atom. The van der Waals surface area contributed by atoms with Gasteiger partial charge in [0, 0.05) is 29.8 Å². The first-order valence-electron chi connectivity index (χ1n) is 6.98. The van der Waals surface area contributed by atoms with Crippen molar-refractivity contribution < 1.29 is 4.39 Å². The molecule has 0 fully saturated rings. The molecule has 3 nitrogen and oxygen atoms in total. The van der Waals surface area contributed by atoms with Crippen molar-refractivity contribution in [2.45, 2.75) is 13.3 Å². The molecule has 0 saturated heterocycles. The van der Waals surface area contributed by atoms with Gasteiger partial charge in [0.2, 0.25) is 0 Å². The van der Waals surface area contributed by atoms with Gasteiger partial charge >= 0.3 is 0 Å². The van der Waals surface area contributed by atoms with Crippen LogP contribution in [-0.4, -0.2) is 20.4 Å². The molecule has 2 aromatic heterocycles. The second kappa shape index (κ2) is 4.81. The van der Waals surface area contributed by atoms with E-state index in [1.807, 2.05) is 42.0 Å². The Hall–Kier alpha value is -2.40. The van der Waals surface area contributed by atoms with E-state index in [1.54, 1.807) is 6.07 Å². The fraction of sp³-hybridized carbons (Fsp3) is 0.118. The Bertz CT molecular complexity index is 967. The first-order valence-corrected chi connectivity index (χ1v) is 7.96. The number of nitrogens with one attached hydrogen (secondary N) is 1. The highest BCUT2D eigenvalue weighted by Crippen LogP contribution is 2.31. The van der Waals surface area contributed by atoms with Gasteiger partial charge in [0.05, 0.1) is 16.4 Å². The zero-order valence-corrected chi connectivity index (χ0v) is 12.9. The molecule has 1 aliphatic rings. The number of hydrogen-bond donors (Lipinski definition) is 1. The largest absolute Gasteiger partial charge is 0.348 e. The van der Waals surface area contributed by atoms with Gasteiger partial charge in [-0.1, -0.05) is 0 Å². The summed E-state index contributed by atoms with van der Waals surface area (Å²) in [6.07, 6.45) is 2.63. The van der Waals surface area contributed by atoms with Crippen LogP contribution in [0.15, 0.2) is 36.5 Å². The minimum absolute atomic E-state index is 0.244. The fourth-order valence-corrected chi connectivity index (χ4v) is 3.25. The van der Waals surface area contributed by atoms with Crippen LogP contribution < -0.4 is 5.32 Å². The van der Waals surface area contributed by atoms with Crippen molar-refractivity contribution in [3.8, 4) is 5.69 Å². The number of anilines is 1. The van der Waals surface area contributed by atoms with Gasteiger partial charge in [0.1, 0.15) is 11.5 Å². The van der Waals surface area contributed by atoms with Crippen LogP contribution in [0.25, 0.3) is 16.7 Å². The zero-order chi connectivity index (χ0) is 15.3. The molecular formula is C17H14FN3S. The molecule has 0 atom stereocenters. The number of aryl methyl sites for hydroxylation is 1. The summed E-state index contributed by atoms with van der Waals surface area (Å²) in [4.78, 5) is 5.54. The Labute approximate surface area is 131 Å². The maximum Gasteiger partial charge on any atom is 0.149 e. The Morgan fingerprint density at radius 2 is 2.18 bits per heavy atom. The summed E-state index contributed by atoms with van der Waals surface area (Å²) in [6.45, 7) is 1.96. The quantitative estimate of drug-likeness (QED) is 0.694. The predicted molar refractivity (Wildman–Crippen MR) is 92.8 cm³/mol. The van der Waals surface area contributed by atoms with Gasteiger partial charge in [-0.3, -0.25) is 0 Å². The predicted octanol–water partition coefficient (Wildman–Crippen LogP) is 3.74. The third-order valence-corrected chi connectivity index (χ3v) is 4.50. The number of halogens is 1. The topological polar surface area (TPSA) is 29.9 Å². The van der Waals surface area contributed by atoms with Crippen molar-refractivity contribution in [1.82, 2.24) is 9.55 Å². The van der Waals surface area contributed by atoms with E-state index in [-0.39, 0.29) is 5.82 Å². The summed E-state index contributed by atoms with van der Waals surface area (Å²) in [5.74, 6) is 3.54. The highest BCUT2D eigenvalue weighted by atomic mass is 32.1. The van der Waals surface area contributed by atoms with Gasteiger partial charge in [-0.05, 0) is 42.6 Å². The highest BCUT2D eigenvalue weighted by Gasteiger charge is 2.20. The molecule has 0 radical (unpaired) electrons. The van der Waals surface area contributed by atoms with Crippen LogP contribution in [0.1, 0.15) is 11.3 Å². The third kappa shape index (κ3) is 1.97. The number of hydrogen-bond acceptors (Lipinski definition) is 1. The smallest absolute Gasteiger partial charge is 0.149 e. The van der Waals surface area contributed by atoms with Crippen molar-refractivity contribution in [1.29, 1.82) is 0 Å². The molecular weight excluding hydrogens is 297 g/mol. The number of pyridine rings is 1. The normalized spacial score (nSPS) is 13.3. The first kappa shape index (κ1) is 13.3. The average Bonchev–Trinajstić information content (AvgIpc) is 3.10. The van der Waals surface area contributed by atoms with Crippen LogP contribution in [0.2, 0.25) is 0 Å². The molecule has 1 N–H and O–H groups in total. The lowest BCUT2D eigenvalue weighted by Crippen LogP contribution is -2.02. The maximum absolute atomic E-state index is 14.4. The number of nitrogens with zero attached hydrogens (tertiary/aromatic N) is 2. The van der Waals surface area contributed by atoms with E-state index in [0.717, 1.165) is 33.0 Å². The molecule has 0 aliphatic carbocycles. The molecule has 1 aromatic carbocycles. The Balaban J connectivity index is 1.92. The van der Waals surface area contributed by atoms with Crippen molar-refractivity contribution in [2.24, 2.45) is 0 Å². The summed E-state index contributed by atoms with van der Waals surface area (Å²) in [6, 6.07) is 9.57. The lowest BCUT2D eigenvalue weighted by molar-refractivity contribution is 0.631. The standard InChI is InChI=1S/C17H14FN3S/c1-10-3-4-11-5-6-21(17(11)19-10)13-7-12-8-15(22-2)20-16(12)14(18)9-13/h3-7,9,20H,2,8H2,1H3. The highest BCUT2D eigenvalue weighted by molar-refractivity contribution is 7.96.